The third kappa shape index (κ3) is 3.70. The van der Waals surface area contributed by atoms with E-state index in [9.17, 15) is 4.79 Å². The maximum Gasteiger partial charge on any atom is 0.255 e. The van der Waals surface area contributed by atoms with Gasteiger partial charge in [-0.25, -0.2) is 0 Å². The Morgan fingerprint density at radius 3 is 3.05 bits per heavy atom. The topological polar surface area (TPSA) is 50.4 Å². The third-order valence-electron chi connectivity index (χ3n) is 3.54. The van der Waals surface area contributed by atoms with Crippen molar-refractivity contribution in [3.8, 4) is 5.75 Å². The number of hydrogen-bond donors (Lipinski definition) is 2. The van der Waals surface area contributed by atoms with E-state index in [1.807, 2.05) is 25.1 Å². The van der Waals surface area contributed by atoms with E-state index in [-0.39, 0.29) is 5.91 Å². The normalized spacial score (nSPS) is 18.3. The van der Waals surface area contributed by atoms with E-state index in [2.05, 4.69) is 10.6 Å². The third-order valence-corrected chi connectivity index (χ3v) is 3.54. The number of nitrogens with one attached hydrogen (secondary N) is 2. The van der Waals surface area contributed by atoms with Crippen LogP contribution in [0.5, 0.6) is 5.75 Å². The summed E-state index contributed by atoms with van der Waals surface area (Å²) in [5, 5.41) is 6.39. The average molecular weight is 262 g/mol. The molecule has 1 saturated heterocycles. The van der Waals surface area contributed by atoms with Gasteiger partial charge in [-0.1, -0.05) is 11.6 Å². The summed E-state index contributed by atoms with van der Waals surface area (Å²) >= 11 is 0. The molecule has 0 radical (unpaired) electrons. The van der Waals surface area contributed by atoms with Crippen molar-refractivity contribution in [1.29, 1.82) is 0 Å². The summed E-state index contributed by atoms with van der Waals surface area (Å²) in [6, 6.07) is 6.20. The molecule has 2 N–H and O–H groups in total. The quantitative estimate of drug-likeness (QED) is 0.852. The summed E-state index contributed by atoms with van der Waals surface area (Å²) in [4.78, 5) is 12.1. The van der Waals surface area contributed by atoms with E-state index in [0.717, 1.165) is 18.5 Å². The van der Waals surface area contributed by atoms with E-state index in [0.29, 0.717) is 23.9 Å². The number of hydrogen-bond acceptors (Lipinski definition) is 3. The maximum absolute atomic E-state index is 12.1. The largest absolute Gasteiger partial charge is 0.496 e. The molecule has 1 atom stereocenters. The van der Waals surface area contributed by atoms with Crippen LogP contribution in [0.15, 0.2) is 18.2 Å². The summed E-state index contributed by atoms with van der Waals surface area (Å²) in [7, 11) is 1.59. The highest BCUT2D eigenvalue weighted by Crippen LogP contribution is 2.19. The Labute approximate surface area is 114 Å². The predicted octanol–water partition coefficient (Wildman–Crippen LogP) is 1.88. The van der Waals surface area contributed by atoms with Crippen LogP contribution in [0.2, 0.25) is 0 Å². The highest BCUT2D eigenvalue weighted by Gasteiger charge is 2.15. The van der Waals surface area contributed by atoms with Crippen LogP contribution in [-0.4, -0.2) is 32.1 Å². The molecule has 0 bridgehead atoms. The number of benzene rings is 1. The number of rotatable bonds is 5. The molecular formula is C15H22N2O2. The molecule has 1 amide bonds. The fourth-order valence-electron chi connectivity index (χ4n) is 2.46. The standard InChI is InChI=1S/C15H22N2O2/c1-11-5-6-14(19-2)13(10-11)15(18)17-9-7-12-4-3-8-16-12/h5-6,10,12,16H,3-4,7-9H2,1-2H3,(H,17,18). The van der Waals surface area contributed by atoms with Gasteiger partial charge in [0.25, 0.3) is 5.91 Å². The van der Waals surface area contributed by atoms with Crippen LogP contribution in [0.3, 0.4) is 0 Å². The lowest BCUT2D eigenvalue weighted by Crippen LogP contribution is -2.30. The first-order chi connectivity index (χ1) is 9.20. The fraction of sp³-hybridized carbons (Fsp3) is 0.533. The van der Waals surface area contributed by atoms with E-state index in [1.165, 1.54) is 12.8 Å². The molecule has 1 aromatic carbocycles. The number of methoxy groups -OCH3 is 1. The summed E-state index contributed by atoms with van der Waals surface area (Å²) in [6.45, 7) is 3.77. The molecule has 0 spiro atoms. The van der Waals surface area contributed by atoms with Crippen LogP contribution < -0.4 is 15.4 Å². The molecule has 0 saturated carbocycles. The Kier molecular flexibility index (Phi) is 4.80. The first kappa shape index (κ1) is 13.9. The smallest absolute Gasteiger partial charge is 0.255 e. The van der Waals surface area contributed by atoms with Gasteiger partial charge in [-0.05, 0) is 44.9 Å². The number of aryl methyl sites for hydroxylation is 1. The van der Waals surface area contributed by atoms with Crippen molar-refractivity contribution in [2.75, 3.05) is 20.2 Å². The van der Waals surface area contributed by atoms with Gasteiger partial charge in [-0.2, -0.15) is 0 Å². The highest BCUT2D eigenvalue weighted by atomic mass is 16.5. The monoisotopic (exact) mass is 262 g/mol. The van der Waals surface area contributed by atoms with Gasteiger partial charge in [0, 0.05) is 12.6 Å². The SMILES string of the molecule is COc1ccc(C)cc1C(=O)NCCC1CCCN1. The highest BCUT2D eigenvalue weighted by molar-refractivity contribution is 5.97. The number of amides is 1. The van der Waals surface area contributed by atoms with Gasteiger partial charge >= 0.3 is 0 Å². The molecule has 19 heavy (non-hydrogen) atoms. The van der Waals surface area contributed by atoms with Crippen molar-refractivity contribution in [3.63, 3.8) is 0 Å². The zero-order valence-corrected chi connectivity index (χ0v) is 11.7. The summed E-state index contributed by atoms with van der Waals surface area (Å²) in [5.41, 5.74) is 1.67. The molecule has 4 heteroatoms. The minimum Gasteiger partial charge on any atom is -0.496 e. The van der Waals surface area contributed by atoms with Gasteiger partial charge in [0.2, 0.25) is 0 Å². The Bertz CT molecular complexity index is 440. The second-order valence-electron chi connectivity index (χ2n) is 5.04. The van der Waals surface area contributed by atoms with Crippen molar-refractivity contribution in [2.45, 2.75) is 32.2 Å². The van der Waals surface area contributed by atoms with E-state index >= 15 is 0 Å². The lowest BCUT2D eigenvalue weighted by molar-refractivity contribution is 0.0949. The van der Waals surface area contributed by atoms with Crippen molar-refractivity contribution >= 4 is 5.91 Å². The Morgan fingerprint density at radius 1 is 1.53 bits per heavy atom. The maximum atomic E-state index is 12.1. The fourth-order valence-corrected chi connectivity index (χ4v) is 2.46. The van der Waals surface area contributed by atoms with E-state index in [1.54, 1.807) is 7.11 Å². The lowest BCUT2D eigenvalue weighted by atomic mass is 10.1. The van der Waals surface area contributed by atoms with Gasteiger partial charge in [-0.3, -0.25) is 4.79 Å². The Morgan fingerprint density at radius 2 is 2.37 bits per heavy atom. The van der Waals surface area contributed by atoms with Gasteiger partial charge in [0.05, 0.1) is 12.7 Å². The van der Waals surface area contributed by atoms with Crippen molar-refractivity contribution in [3.05, 3.63) is 29.3 Å². The molecule has 1 unspecified atom stereocenters. The first-order valence-electron chi connectivity index (χ1n) is 6.87. The van der Waals surface area contributed by atoms with Crippen LogP contribution in [0.1, 0.15) is 35.2 Å². The molecule has 1 heterocycles. The van der Waals surface area contributed by atoms with Gasteiger partial charge < -0.3 is 15.4 Å². The number of carbonyl (C=O) groups is 1. The summed E-state index contributed by atoms with van der Waals surface area (Å²) in [6.07, 6.45) is 3.44. The number of carbonyl (C=O) groups excluding carboxylic acids is 1. The van der Waals surface area contributed by atoms with E-state index in [4.69, 9.17) is 4.74 Å². The van der Waals surface area contributed by atoms with Crippen molar-refractivity contribution < 1.29 is 9.53 Å². The molecule has 1 aromatic rings. The van der Waals surface area contributed by atoms with Gasteiger partial charge in [0.1, 0.15) is 5.75 Å². The molecule has 2 rings (SSSR count). The summed E-state index contributed by atoms with van der Waals surface area (Å²) in [5.74, 6) is 0.570. The van der Waals surface area contributed by atoms with Gasteiger partial charge in [-0.15, -0.1) is 0 Å². The Hall–Kier alpha value is -1.55. The molecule has 1 aliphatic heterocycles. The lowest BCUT2D eigenvalue weighted by Gasteiger charge is -2.12. The van der Waals surface area contributed by atoms with Crippen LogP contribution in [-0.2, 0) is 0 Å². The molecule has 4 nitrogen and oxygen atoms in total. The van der Waals surface area contributed by atoms with Crippen LogP contribution >= 0.6 is 0 Å². The van der Waals surface area contributed by atoms with Crippen LogP contribution in [0.4, 0.5) is 0 Å². The van der Waals surface area contributed by atoms with Gasteiger partial charge in [0.15, 0.2) is 0 Å². The Balaban J connectivity index is 1.89. The molecule has 0 aliphatic carbocycles. The first-order valence-corrected chi connectivity index (χ1v) is 6.87. The minimum atomic E-state index is -0.0569. The second kappa shape index (κ2) is 6.57. The zero-order chi connectivity index (χ0) is 13.7. The second-order valence-corrected chi connectivity index (χ2v) is 5.04. The minimum absolute atomic E-state index is 0.0569. The molecule has 0 aromatic heterocycles. The zero-order valence-electron chi connectivity index (χ0n) is 11.7. The predicted molar refractivity (Wildman–Crippen MR) is 75.7 cm³/mol. The van der Waals surface area contributed by atoms with E-state index < -0.39 is 0 Å². The van der Waals surface area contributed by atoms with Crippen LogP contribution in [0, 0.1) is 6.92 Å². The molecule has 1 fully saturated rings. The molecule has 1 aliphatic rings. The summed E-state index contributed by atoms with van der Waals surface area (Å²) < 4.78 is 5.23. The van der Waals surface area contributed by atoms with Crippen LogP contribution in [0.25, 0.3) is 0 Å². The molecule has 104 valence electrons. The molecular weight excluding hydrogens is 240 g/mol. The number of ether oxygens (including phenoxy) is 1. The van der Waals surface area contributed by atoms with Crippen molar-refractivity contribution in [2.24, 2.45) is 0 Å². The average Bonchev–Trinajstić information content (AvgIpc) is 2.91. The van der Waals surface area contributed by atoms with Crippen molar-refractivity contribution in [1.82, 2.24) is 10.6 Å².